The van der Waals surface area contributed by atoms with Crippen molar-refractivity contribution in [1.82, 2.24) is 0 Å². The largest absolute Gasteiger partial charge is 0.454 e. The zero-order chi connectivity index (χ0) is 25.3. The Balaban J connectivity index is 0.000000283. The molecule has 0 saturated heterocycles. The summed E-state index contributed by atoms with van der Waals surface area (Å²) in [7, 11) is -0.743. The average Bonchev–Trinajstić information content (AvgIpc) is 3.35. The maximum Gasteiger partial charge on any atom is 0.231 e. The molecule has 7 heteroatoms. The monoisotopic (exact) mass is 521 g/mol. The van der Waals surface area contributed by atoms with Crippen molar-refractivity contribution in [2.24, 2.45) is 5.73 Å². The van der Waals surface area contributed by atoms with Gasteiger partial charge in [0, 0.05) is 39.3 Å². The summed E-state index contributed by atoms with van der Waals surface area (Å²) in [5, 5.41) is 8.88. The van der Waals surface area contributed by atoms with Gasteiger partial charge in [0.1, 0.15) is 0 Å². The molecule has 2 unspecified atom stereocenters. The maximum atomic E-state index is 12.3. The van der Waals surface area contributed by atoms with Crippen molar-refractivity contribution in [2.45, 2.75) is 75.8 Å². The highest BCUT2D eigenvalue weighted by Crippen LogP contribution is 2.33. The minimum atomic E-state index is -0.743. The summed E-state index contributed by atoms with van der Waals surface area (Å²) in [6.45, 7) is 4.69. The molecule has 2 aromatic carbocycles. The fourth-order valence-corrected chi connectivity index (χ4v) is 5.90. The summed E-state index contributed by atoms with van der Waals surface area (Å²) < 4.78 is 23.0. The minimum absolute atomic E-state index is 0.0712. The molecule has 1 heterocycles. The fourth-order valence-electron chi connectivity index (χ4n) is 3.67. The number of aliphatic hydroxyl groups excluding tert-OH is 1. The Hall–Kier alpha value is -1.54. The Bertz CT molecular complexity index is 850. The Morgan fingerprint density at radius 3 is 2.46 bits per heavy atom. The second kappa shape index (κ2) is 17.8. The topological polar surface area (TPSA) is 81.8 Å². The molecule has 0 spiro atoms. The maximum absolute atomic E-state index is 12.3. The zero-order valence-corrected chi connectivity index (χ0v) is 23.0. The number of thioether (sulfide) groups is 1. The quantitative estimate of drug-likeness (QED) is 0.293. The van der Waals surface area contributed by atoms with E-state index in [4.69, 9.17) is 20.3 Å². The molecule has 0 amide bonds. The summed E-state index contributed by atoms with van der Waals surface area (Å²) >= 11 is 1.75. The van der Waals surface area contributed by atoms with Crippen LogP contribution < -0.4 is 15.2 Å². The van der Waals surface area contributed by atoms with Crippen molar-refractivity contribution in [2.75, 3.05) is 24.9 Å². The van der Waals surface area contributed by atoms with Crippen LogP contribution in [0.2, 0.25) is 0 Å². The molecule has 0 saturated carbocycles. The van der Waals surface area contributed by atoms with Gasteiger partial charge in [-0.25, -0.2) is 0 Å². The Morgan fingerprint density at radius 2 is 1.71 bits per heavy atom. The van der Waals surface area contributed by atoms with Crippen molar-refractivity contribution in [3.63, 3.8) is 0 Å². The van der Waals surface area contributed by atoms with E-state index in [1.165, 1.54) is 43.2 Å². The number of fused-ring (bicyclic) bond motifs is 1. The highest BCUT2D eigenvalue weighted by Gasteiger charge is 2.16. The molecule has 35 heavy (non-hydrogen) atoms. The third-order valence-corrected chi connectivity index (χ3v) is 8.74. The van der Waals surface area contributed by atoms with E-state index in [1.807, 2.05) is 36.4 Å². The van der Waals surface area contributed by atoms with Crippen LogP contribution in [-0.4, -0.2) is 45.5 Å². The fraction of sp³-hybridized carbons (Fsp3) is 0.571. The lowest BCUT2D eigenvalue weighted by Gasteiger charge is -2.12. The molecule has 5 nitrogen and oxygen atoms in total. The SMILES string of the molecule is CCCCCCCCS(=O)C(C)Cc1ccc2c(c1)OCO2.N[C@H](CO)CSCc1ccccc1. The highest BCUT2D eigenvalue weighted by molar-refractivity contribution is 7.98. The first-order chi connectivity index (χ1) is 17.0. The molecule has 3 rings (SSSR count). The van der Waals surface area contributed by atoms with E-state index in [9.17, 15) is 4.21 Å². The van der Waals surface area contributed by atoms with E-state index in [1.54, 1.807) is 11.8 Å². The van der Waals surface area contributed by atoms with Gasteiger partial charge in [-0.1, -0.05) is 82.3 Å². The van der Waals surface area contributed by atoms with E-state index in [0.29, 0.717) is 6.79 Å². The molecule has 3 N–H and O–H groups in total. The Labute approximate surface area is 218 Å². The summed E-state index contributed by atoms with van der Waals surface area (Å²) in [4.78, 5) is 0. The first-order valence-electron chi connectivity index (χ1n) is 12.8. The van der Waals surface area contributed by atoms with Crippen molar-refractivity contribution < 1.29 is 18.8 Å². The number of hydrogen-bond acceptors (Lipinski definition) is 6. The first-order valence-corrected chi connectivity index (χ1v) is 15.3. The van der Waals surface area contributed by atoms with Gasteiger partial charge in [-0.2, -0.15) is 11.8 Å². The van der Waals surface area contributed by atoms with Crippen LogP contribution in [0.1, 0.15) is 63.5 Å². The van der Waals surface area contributed by atoms with Gasteiger partial charge in [0.2, 0.25) is 6.79 Å². The second-order valence-corrected chi connectivity index (χ2v) is 12.0. The lowest BCUT2D eigenvalue weighted by atomic mass is 10.1. The second-order valence-electron chi connectivity index (χ2n) is 9.00. The number of ether oxygens (including phenoxy) is 2. The van der Waals surface area contributed by atoms with E-state index >= 15 is 0 Å². The summed E-state index contributed by atoms with van der Waals surface area (Å²) in [5.74, 6) is 4.23. The number of rotatable bonds is 15. The van der Waals surface area contributed by atoms with E-state index in [-0.39, 0.29) is 17.9 Å². The highest BCUT2D eigenvalue weighted by atomic mass is 32.2. The van der Waals surface area contributed by atoms with Gasteiger partial charge in [0.05, 0.1) is 6.61 Å². The van der Waals surface area contributed by atoms with Gasteiger partial charge >= 0.3 is 0 Å². The third kappa shape index (κ3) is 12.3. The van der Waals surface area contributed by atoms with Crippen LogP contribution >= 0.6 is 11.8 Å². The molecule has 1 aliphatic rings. The molecule has 3 atom stereocenters. The zero-order valence-electron chi connectivity index (χ0n) is 21.3. The number of hydrogen-bond donors (Lipinski definition) is 2. The van der Waals surface area contributed by atoms with E-state index in [2.05, 4.69) is 26.0 Å². The third-order valence-electron chi connectivity index (χ3n) is 5.79. The van der Waals surface area contributed by atoms with Gasteiger partial charge in [0.15, 0.2) is 11.5 Å². The summed E-state index contributed by atoms with van der Waals surface area (Å²) in [5.41, 5.74) is 8.04. The van der Waals surface area contributed by atoms with Crippen LogP contribution in [0.15, 0.2) is 48.5 Å². The van der Waals surface area contributed by atoms with Crippen LogP contribution in [0.25, 0.3) is 0 Å². The van der Waals surface area contributed by atoms with Gasteiger partial charge in [-0.05, 0) is 36.1 Å². The van der Waals surface area contributed by atoms with Crippen molar-refractivity contribution >= 4 is 22.6 Å². The van der Waals surface area contributed by atoms with Crippen LogP contribution in [-0.2, 0) is 23.0 Å². The average molecular weight is 522 g/mol. The summed E-state index contributed by atoms with van der Waals surface area (Å²) in [6, 6.07) is 16.2. The van der Waals surface area contributed by atoms with Crippen LogP contribution in [0.5, 0.6) is 11.5 Å². The molecule has 1 aliphatic heterocycles. The molecule has 196 valence electrons. The first kappa shape index (κ1) is 29.7. The molecule has 0 aromatic heterocycles. The number of benzene rings is 2. The lowest BCUT2D eigenvalue weighted by Crippen LogP contribution is -2.26. The van der Waals surface area contributed by atoms with Gasteiger partial charge in [0.25, 0.3) is 0 Å². The predicted molar refractivity (Wildman–Crippen MR) is 150 cm³/mol. The van der Waals surface area contributed by atoms with Crippen LogP contribution in [0.3, 0.4) is 0 Å². The number of nitrogens with two attached hydrogens (primary N) is 1. The molecule has 0 fully saturated rings. The summed E-state index contributed by atoms with van der Waals surface area (Å²) in [6.07, 6.45) is 8.32. The van der Waals surface area contributed by atoms with Gasteiger partial charge in [-0.15, -0.1) is 0 Å². The molecular formula is C28H43NO4S2. The molecule has 2 aromatic rings. The number of aliphatic hydroxyl groups is 1. The molecular weight excluding hydrogens is 478 g/mol. The van der Waals surface area contributed by atoms with E-state index in [0.717, 1.165) is 41.6 Å². The van der Waals surface area contributed by atoms with Crippen LogP contribution in [0.4, 0.5) is 0 Å². The lowest BCUT2D eigenvalue weighted by molar-refractivity contribution is 0.174. The Morgan fingerprint density at radius 1 is 1.00 bits per heavy atom. The Kier molecular flexibility index (Phi) is 15.1. The van der Waals surface area contributed by atoms with Gasteiger partial charge < -0.3 is 20.3 Å². The van der Waals surface area contributed by atoms with Gasteiger partial charge in [-0.3, -0.25) is 4.21 Å². The van der Waals surface area contributed by atoms with Crippen molar-refractivity contribution in [1.29, 1.82) is 0 Å². The van der Waals surface area contributed by atoms with Crippen molar-refractivity contribution in [3.8, 4) is 11.5 Å². The normalized spacial score (nSPS) is 14.6. The minimum Gasteiger partial charge on any atom is -0.454 e. The predicted octanol–water partition coefficient (Wildman–Crippen LogP) is 5.69. The van der Waals surface area contributed by atoms with Crippen molar-refractivity contribution in [3.05, 3.63) is 59.7 Å². The molecule has 0 aliphatic carbocycles. The molecule has 0 radical (unpaired) electrons. The molecule has 0 bridgehead atoms. The number of unbranched alkanes of at least 4 members (excludes halogenated alkanes) is 5. The standard InChI is InChI=1S/C18H28O3S.C10H15NOS/c1-3-4-5-6-7-8-11-22(19)15(2)12-16-9-10-17-18(13-16)21-14-20-17;11-10(6-12)8-13-7-9-4-2-1-3-5-9/h9-10,13,15H,3-8,11-12,14H2,1-2H3;1-5,10,12H,6-8,11H2/t;10-/m.1/s1. The van der Waals surface area contributed by atoms with E-state index < -0.39 is 10.8 Å². The smallest absolute Gasteiger partial charge is 0.231 e. The van der Waals surface area contributed by atoms with Crippen LogP contribution in [0, 0.1) is 0 Å².